The molecule has 1 heterocycles. The Hall–Kier alpha value is -2.91. The Morgan fingerprint density at radius 2 is 1.42 bits per heavy atom. The topological polar surface area (TPSA) is 36.4 Å². The van der Waals surface area contributed by atoms with E-state index < -0.39 is 0 Å². The van der Waals surface area contributed by atoms with Crippen molar-refractivity contribution >= 4 is 5.84 Å². The monoisotopic (exact) mass is 341 g/mol. The summed E-state index contributed by atoms with van der Waals surface area (Å²) >= 11 is 0. The standard InChI is InChI=1S/C23H23N3/c1-24-16-19-14-8-9-15-20(19)23-25-21(17-10-4-2-5-11-17)22(26-23)18-12-6-3-7-13-18/h2-15,21-22,24H,16H2,1H3,(H,25,26)/t21-,22+. The van der Waals surface area contributed by atoms with E-state index in [1.807, 2.05) is 7.05 Å². The first-order valence-electron chi connectivity index (χ1n) is 9.04. The predicted octanol–water partition coefficient (Wildman–Crippen LogP) is 4.24. The maximum Gasteiger partial charge on any atom is 0.129 e. The number of benzene rings is 3. The van der Waals surface area contributed by atoms with Gasteiger partial charge in [-0.1, -0.05) is 84.9 Å². The second-order valence-corrected chi connectivity index (χ2v) is 6.55. The Labute approximate surface area is 154 Å². The van der Waals surface area contributed by atoms with Gasteiger partial charge in [-0.05, 0) is 23.7 Å². The number of hydrogen-bond donors (Lipinski definition) is 2. The summed E-state index contributed by atoms with van der Waals surface area (Å²) in [7, 11) is 1.97. The SMILES string of the molecule is CNCc1ccccc1C1=N[C@H](c2ccccc2)[C@H](c2ccccc2)N1. The molecule has 0 amide bonds. The molecule has 130 valence electrons. The van der Waals surface area contributed by atoms with Crippen LogP contribution in [0.3, 0.4) is 0 Å². The Morgan fingerprint density at radius 3 is 2.12 bits per heavy atom. The van der Waals surface area contributed by atoms with Crippen LogP contribution in [0.2, 0.25) is 0 Å². The molecular weight excluding hydrogens is 318 g/mol. The minimum Gasteiger partial charge on any atom is -0.361 e. The number of nitrogens with one attached hydrogen (secondary N) is 2. The molecule has 4 rings (SSSR count). The molecule has 3 nitrogen and oxygen atoms in total. The first kappa shape index (κ1) is 16.6. The molecule has 0 fully saturated rings. The van der Waals surface area contributed by atoms with Gasteiger partial charge in [0.1, 0.15) is 11.9 Å². The third-order valence-corrected chi connectivity index (χ3v) is 4.82. The minimum absolute atomic E-state index is 0.0660. The highest BCUT2D eigenvalue weighted by Gasteiger charge is 2.32. The second kappa shape index (κ2) is 7.54. The van der Waals surface area contributed by atoms with Crippen LogP contribution in [0.4, 0.5) is 0 Å². The largest absolute Gasteiger partial charge is 0.361 e. The molecule has 0 saturated heterocycles. The van der Waals surface area contributed by atoms with Crippen molar-refractivity contribution in [3.8, 4) is 0 Å². The van der Waals surface area contributed by atoms with Gasteiger partial charge in [-0.25, -0.2) is 0 Å². The number of amidine groups is 1. The van der Waals surface area contributed by atoms with E-state index in [4.69, 9.17) is 4.99 Å². The van der Waals surface area contributed by atoms with Crippen LogP contribution in [-0.2, 0) is 6.54 Å². The van der Waals surface area contributed by atoms with Crippen LogP contribution in [0.5, 0.6) is 0 Å². The summed E-state index contributed by atoms with van der Waals surface area (Å²) in [5.74, 6) is 0.971. The first-order valence-corrected chi connectivity index (χ1v) is 9.04. The highest BCUT2D eigenvalue weighted by molar-refractivity contribution is 6.01. The van der Waals surface area contributed by atoms with Crippen molar-refractivity contribution in [2.75, 3.05) is 7.05 Å². The summed E-state index contributed by atoms with van der Waals surface area (Å²) in [4.78, 5) is 5.11. The predicted molar refractivity (Wildman–Crippen MR) is 107 cm³/mol. The molecule has 0 unspecified atom stereocenters. The smallest absolute Gasteiger partial charge is 0.129 e. The molecular formula is C23H23N3. The number of hydrogen-bond acceptors (Lipinski definition) is 3. The third kappa shape index (κ3) is 3.26. The van der Waals surface area contributed by atoms with E-state index in [1.165, 1.54) is 22.3 Å². The maximum atomic E-state index is 5.11. The van der Waals surface area contributed by atoms with E-state index in [-0.39, 0.29) is 12.1 Å². The number of nitrogens with zero attached hydrogens (tertiary/aromatic N) is 1. The summed E-state index contributed by atoms with van der Waals surface area (Å²) in [6.07, 6.45) is 0. The van der Waals surface area contributed by atoms with Gasteiger partial charge in [0, 0.05) is 12.1 Å². The summed E-state index contributed by atoms with van der Waals surface area (Å²) in [6, 6.07) is 29.8. The first-order chi connectivity index (χ1) is 12.9. The normalized spacial score (nSPS) is 19.0. The van der Waals surface area contributed by atoms with Crippen molar-refractivity contribution in [3.63, 3.8) is 0 Å². The minimum atomic E-state index is 0.0660. The van der Waals surface area contributed by atoms with Gasteiger partial charge in [0.15, 0.2) is 0 Å². The molecule has 26 heavy (non-hydrogen) atoms. The van der Waals surface area contributed by atoms with Crippen molar-refractivity contribution in [2.24, 2.45) is 4.99 Å². The lowest BCUT2D eigenvalue weighted by Crippen LogP contribution is -2.26. The fourth-order valence-corrected chi connectivity index (χ4v) is 3.56. The van der Waals surface area contributed by atoms with Gasteiger partial charge in [-0.3, -0.25) is 4.99 Å². The zero-order valence-corrected chi connectivity index (χ0v) is 14.9. The molecule has 0 aromatic heterocycles. The van der Waals surface area contributed by atoms with Crippen LogP contribution in [0.15, 0.2) is 89.9 Å². The molecule has 3 aromatic carbocycles. The Morgan fingerprint density at radius 1 is 0.808 bits per heavy atom. The molecule has 0 radical (unpaired) electrons. The van der Waals surface area contributed by atoms with Crippen molar-refractivity contribution in [1.82, 2.24) is 10.6 Å². The van der Waals surface area contributed by atoms with E-state index >= 15 is 0 Å². The molecule has 0 spiro atoms. The van der Waals surface area contributed by atoms with Gasteiger partial charge >= 0.3 is 0 Å². The number of aliphatic imine (C=N–C) groups is 1. The molecule has 1 aliphatic heterocycles. The van der Waals surface area contributed by atoms with Crippen LogP contribution < -0.4 is 10.6 Å². The Balaban J connectivity index is 1.76. The molecule has 0 saturated carbocycles. The molecule has 3 heteroatoms. The quantitative estimate of drug-likeness (QED) is 0.728. The van der Waals surface area contributed by atoms with Gasteiger partial charge in [0.05, 0.1) is 6.04 Å². The Kier molecular flexibility index (Phi) is 4.80. The molecule has 0 bridgehead atoms. The van der Waals surface area contributed by atoms with Crippen molar-refractivity contribution in [2.45, 2.75) is 18.6 Å². The average molecular weight is 341 g/mol. The summed E-state index contributed by atoms with van der Waals surface area (Å²) in [5, 5.41) is 6.94. The van der Waals surface area contributed by atoms with E-state index in [2.05, 4.69) is 95.6 Å². The fourth-order valence-electron chi connectivity index (χ4n) is 3.56. The van der Waals surface area contributed by atoms with Crippen molar-refractivity contribution in [3.05, 3.63) is 107 Å². The highest BCUT2D eigenvalue weighted by atomic mass is 15.1. The molecule has 2 atom stereocenters. The highest BCUT2D eigenvalue weighted by Crippen LogP contribution is 2.37. The van der Waals surface area contributed by atoms with E-state index in [9.17, 15) is 0 Å². The van der Waals surface area contributed by atoms with E-state index in [1.54, 1.807) is 0 Å². The van der Waals surface area contributed by atoms with Crippen LogP contribution in [0.25, 0.3) is 0 Å². The lowest BCUT2D eigenvalue weighted by Gasteiger charge is -2.20. The molecule has 0 aliphatic carbocycles. The van der Waals surface area contributed by atoms with Crippen molar-refractivity contribution in [1.29, 1.82) is 0 Å². The van der Waals surface area contributed by atoms with E-state index in [0.717, 1.165) is 12.4 Å². The van der Waals surface area contributed by atoms with Gasteiger partial charge in [0.25, 0.3) is 0 Å². The summed E-state index contributed by atoms with van der Waals surface area (Å²) in [6.45, 7) is 0.822. The van der Waals surface area contributed by atoms with Gasteiger partial charge in [-0.2, -0.15) is 0 Å². The van der Waals surface area contributed by atoms with Crippen LogP contribution >= 0.6 is 0 Å². The van der Waals surface area contributed by atoms with Gasteiger partial charge in [0.2, 0.25) is 0 Å². The average Bonchev–Trinajstić information content (AvgIpc) is 3.15. The van der Waals surface area contributed by atoms with Gasteiger partial charge < -0.3 is 10.6 Å². The van der Waals surface area contributed by atoms with Gasteiger partial charge in [-0.15, -0.1) is 0 Å². The number of rotatable bonds is 5. The molecule has 1 aliphatic rings. The van der Waals surface area contributed by atoms with Crippen LogP contribution in [0.1, 0.15) is 34.3 Å². The zero-order valence-electron chi connectivity index (χ0n) is 14.9. The van der Waals surface area contributed by atoms with E-state index in [0.29, 0.717) is 0 Å². The van der Waals surface area contributed by atoms with Crippen LogP contribution in [0, 0.1) is 0 Å². The summed E-state index contributed by atoms with van der Waals surface area (Å²) in [5.41, 5.74) is 4.91. The molecule has 2 N–H and O–H groups in total. The lowest BCUT2D eigenvalue weighted by atomic mass is 9.95. The van der Waals surface area contributed by atoms with Crippen LogP contribution in [-0.4, -0.2) is 12.9 Å². The fraction of sp³-hybridized carbons (Fsp3) is 0.174. The lowest BCUT2D eigenvalue weighted by molar-refractivity contribution is 0.572. The zero-order chi connectivity index (χ0) is 17.8. The van der Waals surface area contributed by atoms with Crippen molar-refractivity contribution < 1.29 is 0 Å². The second-order valence-electron chi connectivity index (χ2n) is 6.55. The maximum absolute atomic E-state index is 5.11. The summed E-state index contributed by atoms with van der Waals surface area (Å²) < 4.78 is 0. The Bertz CT molecular complexity index is 888. The third-order valence-electron chi connectivity index (χ3n) is 4.82. The molecule has 3 aromatic rings.